The molecule has 1 aromatic rings. The largest absolute Gasteiger partial charge is 0.325 e. The van der Waals surface area contributed by atoms with E-state index in [1.165, 1.54) is 19.3 Å². The van der Waals surface area contributed by atoms with Crippen molar-refractivity contribution in [3.8, 4) is 0 Å². The minimum absolute atomic E-state index is 0.245. The Kier molecular flexibility index (Phi) is 10.5. The van der Waals surface area contributed by atoms with E-state index in [0.29, 0.717) is 18.5 Å². The zero-order valence-corrected chi connectivity index (χ0v) is 16.9. The molecule has 0 aliphatic rings. The minimum atomic E-state index is -3.97. The topological polar surface area (TPSA) is 89.3 Å². The standard InChI is InChI=1S/C20H34N2O3S/c1-3-5-6-7-8-10-14-17(13-4-2)19(26(21,24)25)20(23)22-18-15-11-9-12-16-18/h9,11-12,15-17,19H,3-8,10,13-14H2,1-2H3,(H,22,23)(H2,21,24,25). The summed E-state index contributed by atoms with van der Waals surface area (Å²) < 4.78 is 24.3. The van der Waals surface area contributed by atoms with E-state index in [9.17, 15) is 13.2 Å². The summed E-state index contributed by atoms with van der Waals surface area (Å²) in [6, 6.07) is 8.90. The molecule has 3 N–H and O–H groups in total. The van der Waals surface area contributed by atoms with E-state index < -0.39 is 21.2 Å². The molecule has 0 spiro atoms. The first-order valence-corrected chi connectivity index (χ1v) is 11.4. The molecule has 0 radical (unpaired) electrons. The molecule has 0 heterocycles. The van der Waals surface area contributed by atoms with Gasteiger partial charge < -0.3 is 5.32 Å². The van der Waals surface area contributed by atoms with Crippen molar-refractivity contribution in [2.75, 3.05) is 5.32 Å². The third-order valence-corrected chi connectivity index (χ3v) is 5.98. The number of hydrogen-bond donors (Lipinski definition) is 2. The molecule has 5 nitrogen and oxygen atoms in total. The Bertz CT molecular complexity index is 617. The number of amides is 1. The van der Waals surface area contributed by atoms with Gasteiger partial charge in [0.05, 0.1) is 0 Å². The molecule has 2 atom stereocenters. The summed E-state index contributed by atoms with van der Waals surface area (Å²) >= 11 is 0. The Balaban J connectivity index is 2.76. The van der Waals surface area contributed by atoms with Crippen LogP contribution in [0.1, 0.15) is 71.6 Å². The Labute approximate surface area is 158 Å². The molecule has 0 bridgehead atoms. The van der Waals surface area contributed by atoms with E-state index in [2.05, 4.69) is 12.2 Å². The number of para-hydroxylation sites is 1. The van der Waals surface area contributed by atoms with Crippen LogP contribution in [0.25, 0.3) is 0 Å². The van der Waals surface area contributed by atoms with E-state index in [0.717, 1.165) is 25.7 Å². The molecule has 6 heteroatoms. The lowest BCUT2D eigenvalue weighted by molar-refractivity contribution is -0.116. The highest BCUT2D eigenvalue weighted by molar-refractivity contribution is 7.90. The molecule has 0 saturated heterocycles. The number of unbranched alkanes of at least 4 members (excludes halogenated alkanes) is 5. The third kappa shape index (κ3) is 8.32. The van der Waals surface area contributed by atoms with Gasteiger partial charge in [-0.25, -0.2) is 13.6 Å². The van der Waals surface area contributed by atoms with Crippen LogP contribution in [0.5, 0.6) is 0 Å². The number of benzene rings is 1. The number of primary sulfonamides is 1. The van der Waals surface area contributed by atoms with Crippen molar-refractivity contribution in [3.05, 3.63) is 30.3 Å². The molecule has 0 aliphatic heterocycles. The van der Waals surface area contributed by atoms with Crippen LogP contribution in [0.4, 0.5) is 5.69 Å². The maximum atomic E-state index is 12.7. The average Bonchev–Trinajstić information content (AvgIpc) is 2.57. The zero-order chi connectivity index (χ0) is 19.4. The van der Waals surface area contributed by atoms with Gasteiger partial charge in [0, 0.05) is 5.69 Å². The predicted octanol–water partition coefficient (Wildman–Crippen LogP) is 4.45. The van der Waals surface area contributed by atoms with Gasteiger partial charge in [-0.05, 0) is 30.9 Å². The number of nitrogens with two attached hydrogens (primary N) is 1. The van der Waals surface area contributed by atoms with E-state index in [4.69, 9.17) is 5.14 Å². The zero-order valence-electron chi connectivity index (χ0n) is 16.1. The van der Waals surface area contributed by atoms with E-state index in [1.807, 2.05) is 13.0 Å². The first-order chi connectivity index (χ1) is 12.4. The average molecular weight is 383 g/mol. The van der Waals surface area contributed by atoms with Gasteiger partial charge in [-0.15, -0.1) is 0 Å². The molecule has 0 aliphatic carbocycles. The van der Waals surface area contributed by atoms with Crippen LogP contribution in [-0.2, 0) is 14.8 Å². The summed E-state index contributed by atoms with van der Waals surface area (Å²) in [5.74, 6) is -0.770. The van der Waals surface area contributed by atoms with Crippen molar-refractivity contribution in [3.63, 3.8) is 0 Å². The fourth-order valence-corrected chi connectivity index (χ4v) is 4.54. The molecule has 0 aromatic heterocycles. The number of sulfonamides is 1. The SMILES string of the molecule is CCCCCCCCC(CCC)C(C(=O)Nc1ccccc1)S(N)(=O)=O. The molecular weight excluding hydrogens is 348 g/mol. The van der Waals surface area contributed by atoms with Crippen molar-refractivity contribution < 1.29 is 13.2 Å². The van der Waals surface area contributed by atoms with E-state index in [-0.39, 0.29) is 5.92 Å². The number of rotatable bonds is 13. The summed E-state index contributed by atoms with van der Waals surface area (Å²) in [5.41, 5.74) is 0.584. The Morgan fingerprint density at radius 2 is 1.58 bits per heavy atom. The molecule has 148 valence electrons. The molecule has 2 unspecified atom stereocenters. The summed E-state index contributed by atoms with van der Waals surface area (Å²) in [7, 11) is -3.97. The molecule has 1 rings (SSSR count). The van der Waals surface area contributed by atoms with Crippen LogP contribution in [0.15, 0.2) is 30.3 Å². The highest BCUT2D eigenvalue weighted by atomic mass is 32.2. The van der Waals surface area contributed by atoms with Crippen LogP contribution in [0.2, 0.25) is 0 Å². The third-order valence-electron chi connectivity index (χ3n) is 4.67. The Morgan fingerprint density at radius 3 is 2.15 bits per heavy atom. The van der Waals surface area contributed by atoms with Crippen LogP contribution < -0.4 is 10.5 Å². The maximum Gasteiger partial charge on any atom is 0.244 e. The smallest absolute Gasteiger partial charge is 0.244 e. The molecule has 26 heavy (non-hydrogen) atoms. The summed E-state index contributed by atoms with van der Waals surface area (Å²) in [6.07, 6.45) is 9.01. The van der Waals surface area contributed by atoms with Gasteiger partial charge in [0.15, 0.2) is 5.25 Å². The van der Waals surface area contributed by atoms with Gasteiger partial charge in [0.25, 0.3) is 0 Å². The maximum absolute atomic E-state index is 12.7. The van der Waals surface area contributed by atoms with Crippen molar-refractivity contribution >= 4 is 21.6 Å². The highest BCUT2D eigenvalue weighted by Crippen LogP contribution is 2.25. The summed E-state index contributed by atoms with van der Waals surface area (Å²) in [6.45, 7) is 4.18. The molecule has 0 fully saturated rings. The number of nitrogens with one attached hydrogen (secondary N) is 1. The second-order valence-electron chi connectivity index (χ2n) is 6.97. The highest BCUT2D eigenvalue weighted by Gasteiger charge is 2.36. The normalized spacial score (nSPS) is 14.0. The van der Waals surface area contributed by atoms with Gasteiger partial charge >= 0.3 is 0 Å². The Hall–Kier alpha value is -1.40. The number of hydrogen-bond acceptors (Lipinski definition) is 3. The second-order valence-corrected chi connectivity index (χ2v) is 8.66. The fraction of sp³-hybridized carbons (Fsp3) is 0.650. The van der Waals surface area contributed by atoms with Crippen LogP contribution in [0.3, 0.4) is 0 Å². The van der Waals surface area contributed by atoms with Crippen molar-refractivity contribution in [1.29, 1.82) is 0 Å². The van der Waals surface area contributed by atoms with Crippen molar-refractivity contribution in [2.24, 2.45) is 11.1 Å². The Morgan fingerprint density at radius 1 is 0.962 bits per heavy atom. The first kappa shape index (κ1) is 22.6. The van der Waals surface area contributed by atoms with Crippen LogP contribution in [-0.4, -0.2) is 19.6 Å². The molecule has 1 amide bonds. The van der Waals surface area contributed by atoms with Crippen LogP contribution in [0, 0.1) is 5.92 Å². The summed E-state index contributed by atoms with van der Waals surface area (Å²) in [5, 5.41) is 6.96. The van der Waals surface area contributed by atoms with Gasteiger partial charge in [0.1, 0.15) is 0 Å². The lowest BCUT2D eigenvalue weighted by Gasteiger charge is -2.24. The van der Waals surface area contributed by atoms with Gasteiger partial charge in [0.2, 0.25) is 15.9 Å². The summed E-state index contributed by atoms with van der Waals surface area (Å²) in [4.78, 5) is 12.7. The van der Waals surface area contributed by atoms with Gasteiger partial charge in [-0.3, -0.25) is 4.79 Å². The monoisotopic (exact) mass is 382 g/mol. The number of carbonyl (C=O) groups excluding carboxylic acids is 1. The van der Waals surface area contributed by atoms with E-state index in [1.54, 1.807) is 24.3 Å². The first-order valence-electron chi connectivity index (χ1n) is 9.77. The lowest BCUT2D eigenvalue weighted by atomic mass is 9.92. The number of carbonyl (C=O) groups is 1. The molecule has 1 aromatic carbocycles. The molecular formula is C20H34N2O3S. The van der Waals surface area contributed by atoms with Gasteiger partial charge in [-0.2, -0.15) is 0 Å². The lowest BCUT2D eigenvalue weighted by Crippen LogP contribution is -2.44. The van der Waals surface area contributed by atoms with Crippen molar-refractivity contribution in [1.82, 2.24) is 0 Å². The van der Waals surface area contributed by atoms with E-state index >= 15 is 0 Å². The van der Waals surface area contributed by atoms with Gasteiger partial charge in [-0.1, -0.05) is 77.0 Å². The quantitative estimate of drug-likeness (QED) is 0.494. The second kappa shape index (κ2) is 12.1. The van der Waals surface area contributed by atoms with Crippen molar-refractivity contribution in [2.45, 2.75) is 76.9 Å². The number of anilines is 1. The predicted molar refractivity (Wildman–Crippen MR) is 108 cm³/mol. The molecule has 0 saturated carbocycles. The van der Waals surface area contributed by atoms with Crippen LogP contribution >= 0.6 is 0 Å². The fourth-order valence-electron chi connectivity index (χ4n) is 3.37. The minimum Gasteiger partial charge on any atom is -0.325 e.